The number of halogens is 1. The fourth-order valence-electron chi connectivity index (χ4n) is 1.89. The van der Waals surface area contributed by atoms with Gasteiger partial charge in [-0.15, -0.1) is 5.10 Å². The number of aryl methyl sites for hydroxylation is 1. The molecule has 0 radical (unpaired) electrons. The number of rotatable bonds is 6. The monoisotopic (exact) mass is 325 g/mol. The number of aromatic nitrogens is 3. The maximum atomic E-state index is 11.8. The van der Waals surface area contributed by atoms with Gasteiger partial charge in [-0.25, -0.2) is 9.48 Å². The van der Waals surface area contributed by atoms with E-state index in [4.69, 9.17) is 16.3 Å². The lowest BCUT2D eigenvalue weighted by Crippen LogP contribution is -2.08. The van der Waals surface area contributed by atoms with Crippen LogP contribution in [0.2, 0.25) is 5.02 Å². The van der Waals surface area contributed by atoms with Crippen molar-refractivity contribution in [3.63, 3.8) is 0 Å². The van der Waals surface area contributed by atoms with Gasteiger partial charge in [-0.3, -0.25) is 0 Å². The summed E-state index contributed by atoms with van der Waals surface area (Å²) in [5.41, 5.74) is 1.72. The molecule has 0 N–H and O–H groups in total. The predicted octanol–water partition coefficient (Wildman–Crippen LogP) is 3.14. The second-order valence-electron chi connectivity index (χ2n) is 4.21. The number of ether oxygens (including phenoxy) is 1. The number of carbonyl (C=O) groups excluding carboxylic acids is 1. The highest BCUT2D eigenvalue weighted by atomic mass is 35.5. The van der Waals surface area contributed by atoms with E-state index in [2.05, 4.69) is 17.2 Å². The average Bonchev–Trinajstić information content (AvgIpc) is 2.91. The van der Waals surface area contributed by atoms with E-state index in [0.29, 0.717) is 17.3 Å². The third-order valence-electron chi connectivity index (χ3n) is 2.88. The molecule has 21 heavy (non-hydrogen) atoms. The first-order valence-corrected chi connectivity index (χ1v) is 8.06. The van der Waals surface area contributed by atoms with Crippen molar-refractivity contribution in [1.29, 1.82) is 0 Å². The molecule has 0 fully saturated rings. The molecular weight excluding hydrogens is 310 g/mol. The summed E-state index contributed by atoms with van der Waals surface area (Å²) < 4.78 is 6.51. The van der Waals surface area contributed by atoms with Crippen molar-refractivity contribution in [3.05, 3.63) is 35.0 Å². The highest BCUT2D eigenvalue weighted by Crippen LogP contribution is 2.25. The van der Waals surface area contributed by atoms with Crippen LogP contribution in [0, 0.1) is 0 Å². The minimum Gasteiger partial charge on any atom is -0.464 e. The number of methoxy groups -OCH3 is 1. The van der Waals surface area contributed by atoms with Crippen molar-refractivity contribution < 1.29 is 9.53 Å². The van der Waals surface area contributed by atoms with Crippen LogP contribution in [0.15, 0.2) is 24.3 Å². The molecule has 7 heteroatoms. The van der Waals surface area contributed by atoms with Gasteiger partial charge >= 0.3 is 5.97 Å². The normalized spacial score (nSPS) is 10.6. The molecule has 0 amide bonds. The fraction of sp³-hybridized carbons (Fsp3) is 0.357. The van der Waals surface area contributed by atoms with Gasteiger partial charge in [0.15, 0.2) is 5.69 Å². The van der Waals surface area contributed by atoms with Crippen LogP contribution in [0.5, 0.6) is 0 Å². The van der Waals surface area contributed by atoms with Gasteiger partial charge in [-0.05, 0) is 17.9 Å². The molecule has 0 aliphatic rings. The van der Waals surface area contributed by atoms with Gasteiger partial charge in [0.25, 0.3) is 0 Å². The highest BCUT2D eigenvalue weighted by Gasteiger charge is 2.21. The Kier molecular flexibility index (Phi) is 5.64. The number of esters is 1. The second kappa shape index (κ2) is 7.47. The quantitative estimate of drug-likeness (QED) is 0.603. The Hall–Kier alpha value is -1.53. The van der Waals surface area contributed by atoms with E-state index in [-0.39, 0.29) is 5.69 Å². The highest BCUT2D eigenvalue weighted by molar-refractivity contribution is 7.99. The van der Waals surface area contributed by atoms with Crippen molar-refractivity contribution in [3.8, 4) is 11.3 Å². The minimum atomic E-state index is -0.491. The third kappa shape index (κ3) is 3.77. The Morgan fingerprint density at radius 2 is 2.10 bits per heavy atom. The molecule has 2 aromatic rings. The first-order chi connectivity index (χ1) is 10.2. The number of benzene rings is 1. The molecule has 0 atom stereocenters. The van der Waals surface area contributed by atoms with Crippen LogP contribution in [-0.2, 0) is 11.3 Å². The Balaban J connectivity index is 2.40. The second-order valence-corrected chi connectivity index (χ2v) is 6.04. The van der Waals surface area contributed by atoms with Gasteiger partial charge in [0.05, 0.1) is 13.7 Å². The van der Waals surface area contributed by atoms with Crippen LogP contribution >= 0.6 is 23.4 Å². The topological polar surface area (TPSA) is 57.0 Å². The Labute approximate surface area is 132 Å². The molecule has 0 bridgehead atoms. The van der Waals surface area contributed by atoms with Crippen molar-refractivity contribution >= 4 is 29.3 Å². The largest absolute Gasteiger partial charge is 0.464 e. The van der Waals surface area contributed by atoms with Crippen LogP contribution in [0.4, 0.5) is 0 Å². The molecule has 0 spiro atoms. The molecule has 1 heterocycles. The van der Waals surface area contributed by atoms with E-state index in [1.807, 2.05) is 12.1 Å². The standard InChI is InChI=1S/C14H16ClN3O2S/c1-3-21-9-8-18-13(10-4-6-11(15)7-5-10)12(16-17-18)14(19)20-2/h4-7H,3,8-9H2,1-2H3. The first-order valence-electron chi connectivity index (χ1n) is 6.52. The molecule has 5 nitrogen and oxygen atoms in total. The lowest BCUT2D eigenvalue weighted by molar-refractivity contribution is 0.0595. The molecule has 1 aromatic carbocycles. The van der Waals surface area contributed by atoms with E-state index in [9.17, 15) is 4.79 Å². The maximum absolute atomic E-state index is 11.8. The van der Waals surface area contributed by atoms with Gasteiger partial charge < -0.3 is 4.74 Å². The summed E-state index contributed by atoms with van der Waals surface area (Å²) in [4.78, 5) is 11.8. The summed E-state index contributed by atoms with van der Waals surface area (Å²) in [6.45, 7) is 2.78. The van der Waals surface area contributed by atoms with Gasteiger partial charge in [-0.1, -0.05) is 35.9 Å². The Morgan fingerprint density at radius 1 is 1.38 bits per heavy atom. The van der Waals surface area contributed by atoms with E-state index in [1.54, 1.807) is 28.6 Å². The van der Waals surface area contributed by atoms with E-state index < -0.39 is 5.97 Å². The van der Waals surface area contributed by atoms with Crippen molar-refractivity contribution in [2.75, 3.05) is 18.6 Å². The third-order valence-corrected chi connectivity index (χ3v) is 4.01. The molecule has 0 unspecified atom stereocenters. The van der Waals surface area contributed by atoms with E-state index in [1.165, 1.54) is 7.11 Å². The fourth-order valence-corrected chi connectivity index (χ4v) is 2.61. The lowest BCUT2D eigenvalue weighted by Gasteiger charge is -2.07. The van der Waals surface area contributed by atoms with Crippen LogP contribution in [0.25, 0.3) is 11.3 Å². The van der Waals surface area contributed by atoms with Gasteiger partial charge in [0.1, 0.15) is 5.69 Å². The van der Waals surface area contributed by atoms with Gasteiger partial charge in [0, 0.05) is 16.3 Å². The van der Waals surface area contributed by atoms with Crippen molar-refractivity contribution in [2.45, 2.75) is 13.5 Å². The van der Waals surface area contributed by atoms with Crippen LogP contribution in [0.1, 0.15) is 17.4 Å². The summed E-state index contributed by atoms with van der Waals surface area (Å²) in [6.07, 6.45) is 0. The van der Waals surface area contributed by atoms with Crippen molar-refractivity contribution in [2.24, 2.45) is 0 Å². The molecule has 0 saturated heterocycles. The van der Waals surface area contributed by atoms with E-state index in [0.717, 1.165) is 17.1 Å². The van der Waals surface area contributed by atoms with Crippen LogP contribution in [0.3, 0.4) is 0 Å². The molecule has 112 valence electrons. The first kappa shape index (κ1) is 15.9. The average molecular weight is 326 g/mol. The Morgan fingerprint density at radius 3 is 2.71 bits per heavy atom. The van der Waals surface area contributed by atoms with Crippen molar-refractivity contribution in [1.82, 2.24) is 15.0 Å². The summed E-state index contributed by atoms with van der Waals surface area (Å²) in [7, 11) is 1.33. The Bertz CT molecular complexity index is 613. The number of nitrogens with zero attached hydrogens (tertiary/aromatic N) is 3. The summed E-state index contributed by atoms with van der Waals surface area (Å²) in [5, 5.41) is 8.67. The SMILES string of the molecule is CCSCCn1nnc(C(=O)OC)c1-c1ccc(Cl)cc1. The predicted molar refractivity (Wildman–Crippen MR) is 84.8 cm³/mol. The smallest absolute Gasteiger partial charge is 0.360 e. The lowest BCUT2D eigenvalue weighted by atomic mass is 10.1. The van der Waals surface area contributed by atoms with E-state index >= 15 is 0 Å². The minimum absolute atomic E-state index is 0.223. The maximum Gasteiger partial charge on any atom is 0.360 e. The molecular formula is C14H16ClN3O2S. The molecule has 0 saturated carbocycles. The zero-order valence-electron chi connectivity index (χ0n) is 11.9. The molecule has 0 aliphatic carbocycles. The van der Waals surface area contributed by atoms with Crippen LogP contribution in [-0.4, -0.2) is 39.6 Å². The number of carbonyl (C=O) groups is 1. The van der Waals surface area contributed by atoms with Crippen LogP contribution < -0.4 is 0 Å². The number of hydrogen-bond acceptors (Lipinski definition) is 5. The summed E-state index contributed by atoms with van der Waals surface area (Å²) in [5.74, 6) is 1.45. The molecule has 0 aliphatic heterocycles. The van der Waals surface area contributed by atoms with Gasteiger partial charge in [0.2, 0.25) is 0 Å². The zero-order chi connectivity index (χ0) is 15.2. The molecule has 2 rings (SSSR count). The summed E-state index contributed by atoms with van der Waals surface area (Å²) >= 11 is 7.72. The molecule has 1 aromatic heterocycles. The zero-order valence-corrected chi connectivity index (χ0v) is 13.4. The number of hydrogen-bond donors (Lipinski definition) is 0. The van der Waals surface area contributed by atoms with Gasteiger partial charge in [-0.2, -0.15) is 11.8 Å². The summed E-state index contributed by atoms with van der Waals surface area (Å²) in [6, 6.07) is 7.24. The number of thioether (sulfide) groups is 1.